The van der Waals surface area contributed by atoms with Crippen LogP contribution in [-0.2, 0) is 32.6 Å². The molecule has 220 valence electrons. The predicted molar refractivity (Wildman–Crippen MR) is 166 cm³/mol. The Morgan fingerprint density at radius 2 is 1.61 bits per heavy atom. The number of nitrogens with one attached hydrogen (secondary N) is 1. The van der Waals surface area contributed by atoms with E-state index in [1.54, 1.807) is 29.2 Å². The zero-order chi connectivity index (χ0) is 30.2. The van der Waals surface area contributed by atoms with Gasteiger partial charge in [0.25, 0.3) is 0 Å². The van der Waals surface area contributed by atoms with Crippen LogP contribution < -0.4 is 9.62 Å². The monoisotopic (exact) mass is 597 g/mol. The average Bonchev–Trinajstić information content (AvgIpc) is 2.88. The lowest BCUT2D eigenvalue weighted by Gasteiger charge is -2.34. The van der Waals surface area contributed by atoms with Crippen LogP contribution in [-0.4, -0.2) is 49.5 Å². The molecule has 0 saturated heterocycles. The Hall–Kier alpha value is -3.36. The number of aryl methyl sites for hydroxylation is 1. The lowest BCUT2D eigenvalue weighted by atomic mass is 9.99. The number of carbonyl (C=O) groups is 2. The molecule has 0 aliphatic rings. The molecule has 0 aliphatic heterocycles. The molecule has 0 aliphatic carbocycles. The van der Waals surface area contributed by atoms with E-state index in [9.17, 15) is 18.0 Å². The Kier molecular flexibility index (Phi) is 11.0. The highest BCUT2D eigenvalue weighted by molar-refractivity contribution is 7.92. The Labute approximate surface area is 249 Å². The SMILES string of the molecule is Cc1ccccc1CN(C(=O)CCCN(c1cccc(Cl)c1)S(C)(=O)=O)C(Cc1ccccc1)C(=O)NC(C)(C)C. The first-order valence-electron chi connectivity index (χ1n) is 13.7. The van der Waals surface area contributed by atoms with E-state index in [0.29, 0.717) is 17.1 Å². The predicted octanol–water partition coefficient (Wildman–Crippen LogP) is 5.75. The van der Waals surface area contributed by atoms with Gasteiger partial charge in [0.2, 0.25) is 21.8 Å². The zero-order valence-corrected chi connectivity index (χ0v) is 26.0. The molecule has 1 atom stereocenters. The lowest BCUT2D eigenvalue weighted by Crippen LogP contribution is -2.54. The van der Waals surface area contributed by atoms with E-state index in [2.05, 4.69) is 5.32 Å². The molecule has 0 spiro atoms. The maximum Gasteiger partial charge on any atom is 0.243 e. The molecule has 0 saturated carbocycles. The van der Waals surface area contributed by atoms with Crippen LogP contribution >= 0.6 is 11.6 Å². The van der Waals surface area contributed by atoms with Gasteiger partial charge in [0.1, 0.15) is 6.04 Å². The molecule has 1 unspecified atom stereocenters. The second kappa shape index (κ2) is 14.0. The number of hydrogen-bond acceptors (Lipinski definition) is 4. The summed E-state index contributed by atoms with van der Waals surface area (Å²) in [5.41, 5.74) is 2.85. The summed E-state index contributed by atoms with van der Waals surface area (Å²) in [4.78, 5) is 29.3. The molecular formula is C32H40ClN3O4S. The minimum Gasteiger partial charge on any atom is -0.350 e. The fourth-order valence-corrected chi connectivity index (χ4v) is 5.75. The van der Waals surface area contributed by atoms with Crippen LogP contribution in [0.25, 0.3) is 0 Å². The second-order valence-electron chi connectivity index (χ2n) is 11.3. The molecule has 0 fully saturated rings. The molecule has 0 aromatic heterocycles. The minimum absolute atomic E-state index is 0.0621. The van der Waals surface area contributed by atoms with Gasteiger partial charge in [-0.05, 0) is 69.0 Å². The van der Waals surface area contributed by atoms with Crippen molar-refractivity contribution < 1.29 is 18.0 Å². The summed E-state index contributed by atoms with van der Waals surface area (Å²) >= 11 is 6.11. The molecule has 41 heavy (non-hydrogen) atoms. The number of sulfonamides is 1. The zero-order valence-electron chi connectivity index (χ0n) is 24.4. The first kappa shape index (κ1) is 32.2. The fourth-order valence-electron chi connectivity index (χ4n) is 4.61. The topological polar surface area (TPSA) is 86.8 Å². The first-order chi connectivity index (χ1) is 19.2. The molecule has 1 N–H and O–H groups in total. The first-order valence-corrected chi connectivity index (χ1v) is 15.9. The Morgan fingerprint density at radius 1 is 0.951 bits per heavy atom. The van der Waals surface area contributed by atoms with Gasteiger partial charge in [-0.3, -0.25) is 13.9 Å². The highest BCUT2D eigenvalue weighted by Gasteiger charge is 2.32. The van der Waals surface area contributed by atoms with E-state index in [1.165, 1.54) is 4.31 Å². The normalized spacial score (nSPS) is 12.4. The number of halogens is 1. The second-order valence-corrected chi connectivity index (χ2v) is 13.7. The van der Waals surface area contributed by atoms with E-state index < -0.39 is 21.6 Å². The maximum atomic E-state index is 13.9. The average molecular weight is 598 g/mol. The summed E-state index contributed by atoms with van der Waals surface area (Å²) in [5.74, 6) is -0.460. The van der Waals surface area contributed by atoms with Gasteiger partial charge in [0.05, 0.1) is 11.9 Å². The van der Waals surface area contributed by atoms with Crippen molar-refractivity contribution in [2.75, 3.05) is 17.1 Å². The van der Waals surface area contributed by atoms with E-state index in [-0.39, 0.29) is 37.7 Å². The fraction of sp³-hybridized carbons (Fsp3) is 0.375. The maximum absolute atomic E-state index is 13.9. The summed E-state index contributed by atoms with van der Waals surface area (Å²) < 4.78 is 26.5. The van der Waals surface area contributed by atoms with Crippen molar-refractivity contribution >= 4 is 39.1 Å². The Morgan fingerprint density at radius 3 is 2.22 bits per heavy atom. The van der Waals surface area contributed by atoms with Crippen molar-refractivity contribution in [1.29, 1.82) is 0 Å². The number of benzene rings is 3. The molecular weight excluding hydrogens is 558 g/mol. The summed E-state index contributed by atoms with van der Waals surface area (Å²) in [7, 11) is -3.61. The highest BCUT2D eigenvalue weighted by atomic mass is 35.5. The van der Waals surface area contributed by atoms with Gasteiger partial charge in [-0.15, -0.1) is 0 Å². The van der Waals surface area contributed by atoms with Gasteiger partial charge < -0.3 is 10.2 Å². The molecule has 2 amide bonds. The lowest BCUT2D eigenvalue weighted by molar-refractivity contribution is -0.142. The number of nitrogens with zero attached hydrogens (tertiary/aromatic N) is 2. The van der Waals surface area contributed by atoms with Crippen molar-refractivity contribution in [2.24, 2.45) is 0 Å². The van der Waals surface area contributed by atoms with Gasteiger partial charge in [0.15, 0.2) is 0 Å². The van der Waals surface area contributed by atoms with Crippen molar-refractivity contribution in [3.63, 3.8) is 0 Å². The van der Waals surface area contributed by atoms with Crippen molar-refractivity contribution in [2.45, 2.75) is 65.1 Å². The number of hydrogen-bond donors (Lipinski definition) is 1. The van der Waals surface area contributed by atoms with Crippen LogP contribution in [0.15, 0.2) is 78.9 Å². The van der Waals surface area contributed by atoms with E-state index in [0.717, 1.165) is 22.9 Å². The van der Waals surface area contributed by atoms with Crippen molar-refractivity contribution in [3.05, 3.63) is 101 Å². The summed E-state index contributed by atoms with van der Waals surface area (Å²) in [6, 6.07) is 23.3. The van der Waals surface area contributed by atoms with Crippen LogP contribution in [0.5, 0.6) is 0 Å². The molecule has 3 aromatic carbocycles. The smallest absolute Gasteiger partial charge is 0.243 e. The quantitative estimate of drug-likeness (QED) is 0.288. The van der Waals surface area contributed by atoms with E-state index >= 15 is 0 Å². The molecule has 3 rings (SSSR count). The van der Waals surface area contributed by atoms with Gasteiger partial charge in [0, 0.05) is 36.5 Å². The summed E-state index contributed by atoms with van der Waals surface area (Å²) in [6.45, 7) is 8.06. The molecule has 9 heteroatoms. The number of rotatable bonds is 12. The third kappa shape index (κ3) is 9.90. The van der Waals surface area contributed by atoms with Gasteiger partial charge in [-0.2, -0.15) is 0 Å². The van der Waals surface area contributed by atoms with Crippen LogP contribution in [0.4, 0.5) is 5.69 Å². The van der Waals surface area contributed by atoms with Crippen LogP contribution in [0.3, 0.4) is 0 Å². The molecule has 0 radical (unpaired) electrons. The summed E-state index contributed by atoms with van der Waals surface area (Å²) in [6.07, 6.45) is 1.81. The highest BCUT2D eigenvalue weighted by Crippen LogP contribution is 2.23. The number of carbonyl (C=O) groups excluding carboxylic acids is 2. The standard InChI is InChI=1S/C32H40ClN3O4S/c1-24-13-9-10-16-26(24)23-35(29(31(38)34-32(2,3)4)21-25-14-7-6-8-15-25)30(37)19-12-20-36(41(5,39)40)28-18-11-17-27(33)22-28/h6-11,13-18,22,29H,12,19-21,23H2,1-5H3,(H,34,38). The molecule has 0 heterocycles. The minimum atomic E-state index is -3.61. The van der Waals surface area contributed by atoms with Gasteiger partial charge in [-0.25, -0.2) is 8.42 Å². The van der Waals surface area contributed by atoms with E-state index in [4.69, 9.17) is 11.6 Å². The third-order valence-corrected chi connectivity index (χ3v) is 8.05. The number of anilines is 1. The van der Waals surface area contributed by atoms with Crippen LogP contribution in [0.1, 0.15) is 50.3 Å². The van der Waals surface area contributed by atoms with Crippen LogP contribution in [0.2, 0.25) is 5.02 Å². The molecule has 7 nitrogen and oxygen atoms in total. The van der Waals surface area contributed by atoms with Crippen molar-refractivity contribution in [1.82, 2.24) is 10.2 Å². The Bertz CT molecular complexity index is 1440. The van der Waals surface area contributed by atoms with Crippen molar-refractivity contribution in [3.8, 4) is 0 Å². The molecule has 0 bridgehead atoms. The summed E-state index contributed by atoms with van der Waals surface area (Å²) in [5, 5.41) is 3.48. The number of amides is 2. The van der Waals surface area contributed by atoms with E-state index in [1.807, 2.05) is 82.3 Å². The van der Waals surface area contributed by atoms with Gasteiger partial charge in [-0.1, -0.05) is 72.3 Å². The Balaban J connectivity index is 1.91. The largest absolute Gasteiger partial charge is 0.350 e. The van der Waals surface area contributed by atoms with Crippen LogP contribution in [0, 0.1) is 6.92 Å². The van der Waals surface area contributed by atoms with Gasteiger partial charge >= 0.3 is 0 Å². The third-order valence-electron chi connectivity index (χ3n) is 6.62. The molecule has 3 aromatic rings.